The molecule has 3 rings (SSSR count). The zero-order valence-corrected chi connectivity index (χ0v) is 8.08. The fourth-order valence-electron chi connectivity index (χ4n) is 4.56. The fraction of sp³-hybridized carbons (Fsp3) is 0.917. The second-order valence-corrected chi connectivity index (χ2v) is 5.28. The molecule has 0 aromatic rings. The van der Waals surface area contributed by atoms with E-state index in [1.165, 1.54) is 32.1 Å². The maximum Gasteiger partial charge on any atom is 0.0624 e. The van der Waals surface area contributed by atoms with E-state index in [1.54, 1.807) is 0 Å². The van der Waals surface area contributed by atoms with Gasteiger partial charge in [0.25, 0.3) is 0 Å². The topological polar surface area (TPSA) is 23.8 Å². The molecule has 0 heterocycles. The van der Waals surface area contributed by atoms with Crippen LogP contribution in [0.5, 0.6) is 0 Å². The zero-order valence-electron chi connectivity index (χ0n) is 8.08. The Labute approximate surface area is 80.1 Å². The molecule has 0 aliphatic heterocycles. The Balaban J connectivity index is 1.79. The van der Waals surface area contributed by atoms with E-state index in [0.29, 0.717) is 0 Å². The van der Waals surface area contributed by atoms with E-state index < -0.39 is 0 Å². The quantitative estimate of drug-likeness (QED) is 0.601. The van der Waals surface area contributed by atoms with Crippen LogP contribution in [0.3, 0.4) is 0 Å². The number of nitrogens with zero attached hydrogens (tertiary/aromatic N) is 1. The number of hydrogen-bond acceptors (Lipinski definition) is 1. The first-order valence-corrected chi connectivity index (χ1v) is 5.77. The molecule has 3 aliphatic rings. The molecule has 70 valence electrons. The lowest BCUT2D eigenvalue weighted by Gasteiger charge is -2.30. The Hall–Kier alpha value is -0.510. The maximum absolute atomic E-state index is 8.75. The van der Waals surface area contributed by atoms with Gasteiger partial charge in [-0.3, -0.25) is 0 Å². The maximum atomic E-state index is 8.75. The molecule has 0 saturated heterocycles. The zero-order chi connectivity index (χ0) is 8.84. The van der Waals surface area contributed by atoms with Crippen molar-refractivity contribution < 1.29 is 0 Å². The van der Waals surface area contributed by atoms with Gasteiger partial charge in [-0.1, -0.05) is 6.42 Å². The molecular weight excluding hydrogens is 158 g/mol. The third-order valence-corrected chi connectivity index (χ3v) is 4.92. The number of hydrogen-bond donors (Lipinski definition) is 0. The summed E-state index contributed by atoms with van der Waals surface area (Å²) >= 11 is 0. The highest BCUT2D eigenvalue weighted by Gasteiger charge is 2.53. The van der Waals surface area contributed by atoms with E-state index in [2.05, 4.69) is 6.07 Å². The summed E-state index contributed by atoms with van der Waals surface area (Å²) in [5.41, 5.74) is 0. The first kappa shape index (κ1) is 7.85. The average molecular weight is 175 g/mol. The Bertz CT molecular complexity index is 252. The molecule has 1 heteroatoms. The highest BCUT2D eigenvalue weighted by atomic mass is 14.6. The molecule has 13 heavy (non-hydrogen) atoms. The van der Waals surface area contributed by atoms with Gasteiger partial charge in [-0.05, 0) is 55.3 Å². The minimum Gasteiger partial charge on any atom is -0.198 e. The molecule has 0 aromatic heterocycles. The van der Waals surface area contributed by atoms with Crippen LogP contribution in [0, 0.1) is 40.9 Å². The first-order valence-electron chi connectivity index (χ1n) is 5.77. The molecule has 1 nitrogen and oxygen atoms in total. The van der Waals surface area contributed by atoms with Crippen molar-refractivity contribution in [1.29, 1.82) is 5.26 Å². The molecule has 0 spiro atoms. The van der Waals surface area contributed by atoms with Gasteiger partial charge in [0.2, 0.25) is 0 Å². The molecule has 3 fully saturated rings. The molecule has 0 N–H and O–H groups in total. The highest BCUT2D eigenvalue weighted by molar-refractivity contribution is 5.04. The SMILES string of the molecule is N#CC[C@H]1C[C@@H]2C[C@H]1[C@@H]1CCC[C@H]21. The molecule has 0 unspecified atom stereocenters. The van der Waals surface area contributed by atoms with Gasteiger partial charge in [-0.15, -0.1) is 0 Å². The lowest BCUT2D eigenvalue weighted by molar-refractivity contribution is 0.192. The van der Waals surface area contributed by atoms with E-state index in [1.807, 2.05) is 0 Å². The van der Waals surface area contributed by atoms with Crippen LogP contribution in [0.1, 0.15) is 38.5 Å². The molecule has 0 radical (unpaired) electrons. The fourth-order valence-corrected chi connectivity index (χ4v) is 4.56. The van der Waals surface area contributed by atoms with Crippen LogP contribution in [0.2, 0.25) is 0 Å². The summed E-state index contributed by atoms with van der Waals surface area (Å²) in [5, 5.41) is 8.75. The largest absolute Gasteiger partial charge is 0.198 e. The smallest absolute Gasteiger partial charge is 0.0624 e. The molecule has 0 aromatic carbocycles. The minimum absolute atomic E-state index is 0.786. The van der Waals surface area contributed by atoms with Gasteiger partial charge in [0, 0.05) is 6.42 Å². The van der Waals surface area contributed by atoms with Crippen molar-refractivity contribution in [3.63, 3.8) is 0 Å². The summed E-state index contributed by atoms with van der Waals surface area (Å²) in [5.74, 6) is 4.89. The third-order valence-electron chi connectivity index (χ3n) is 4.92. The van der Waals surface area contributed by atoms with E-state index >= 15 is 0 Å². The summed E-state index contributed by atoms with van der Waals surface area (Å²) in [6, 6.07) is 2.37. The van der Waals surface area contributed by atoms with Gasteiger partial charge in [0.1, 0.15) is 0 Å². The summed E-state index contributed by atoms with van der Waals surface area (Å²) < 4.78 is 0. The molecule has 5 atom stereocenters. The Morgan fingerprint density at radius 1 is 1.08 bits per heavy atom. The van der Waals surface area contributed by atoms with Crippen molar-refractivity contribution in [2.75, 3.05) is 0 Å². The number of nitriles is 1. The molecule has 2 bridgehead atoms. The second-order valence-electron chi connectivity index (χ2n) is 5.28. The van der Waals surface area contributed by atoms with E-state index in [-0.39, 0.29) is 0 Å². The van der Waals surface area contributed by atoms with Gasteiger partial charge < -0.3 is 0 Å². The van der Waals surface area contributed by atoms with Crippen molar-refractivity contribution in [1.82, 2.24) is 0 Å². The van der Waals surface area contributed by atoms with Gasteiger partial charge in [0.15, 0.2) is 0 Å². The van der Waals surface area contributed by atoms with Crippen LogP contribution >= 0.6 is 0 Å². The van der Waals surface area contributed by atoms with Gasteiger partial charge in [-0.2, -0.15) is 5.26 Å². The van der Waals surface area contributed by atoms with Crippen molar-refractivity contribution in [2.24, 2.45) is 29.6 Å². The van der Waals surface area contributed by atoms with Crippen LogP contribution in [-0.4, -0.2) is 0 Å². The van der Waals surface area contributed by atoms with Gasteiger partial charge in [-0.25, -0.2) is 0 Å². The van der Waals surface area contributed by atoms with Crippen LogP contribution < -0.4 is 0 Å². The van der Waals surface area contributed by atoms with Crippen molar-refractivity contribution >= 4 is 0 Å². The number of rotatable bonds is 1. The Morgan fingerprint density at radius 3 is 2.77 bits per heavy atom. The number of fused-ring (bicyclic) bond motifs is 5. The second kappa shape index (κ2) is 2.74. The average Bonchev–Trinajstić information content (AvgIpc) is 2.72. The van der Waals surface area contributed by atoms with Crippen molar-refractivity contribution in [2.45, 2.75) is 38.5 Å². The Kier molecular flexibility index (Phi) is 1.65. The molecular formula is C12H17N. The normalized spacial score (nSPS) is 52.1. The molecule has 3 aliphatic carbocycles. The summed E-state index contributed by atoms with van der Waals surface area (Å²) in [6.07, 6.45) is 8.16. The van der Waals surface area contributed by atoms with E-state index in [9.17, 15) is 0 Å². The van der Waals surface area contributed by atoms with Gasteiger partial charge >= 0.3 is 0 Å². The van der Waals surface area contributed by atoms with Crippen molar-refractivity contribution in [3.8, 4) is 6.07 Å². The summed E-state index contributed by atoms with van der Waals surface area (Å²) in [7, 11) is 0. The highest BCUT2D eigenvalue weighted by Crippen LogP contribution is 2.61. The first-order chi connectivity index (χ1) is 6.40. The van der Waals surface area contributed by atoms with Crippen molar-refractivity contribution in [3.05, 3.63) is 0 Å². The molecule has 0 amide bonds. The third kappa shape index (κ3) is 0.980. The Morgan fingerprint density at radius 2 is 1.92 bits per heavy atom. The minimum atomic E-state index is 0.786. The van der Waals surface area contributed by atoms with Crippen LogP contribution in [0.15, 0.2) is 0 Å². The molecule has 3 saturated carbocycles. The van der Waals surface area contributed by atoms with Crippen LogP contribution in [0.25, 0.3) is 0 Å². The summed E-state index contributed by atoms with van der Waals surface area (Å²) in [4.78, 5) is 0. The van der Waals surface area contributed by atoms with E-state index in [4.69, 9.17) is 5.26 Å². The lowest BCUT2D eigenvalue weighted by atomic mass is 9.75. The predicted molar refractivity (Wildman–Crippen MR) is 50.8 cm³/mol. The van der Waals surface area contributed by atoms with Gasteiger partial charge in [0.05, 0.1) is 6.07 Å². The summed E-state index contributed by atoms with van der Waals surface area (Å²) in [6.45, 7) is 0. The van der Waals surface area contributed by atoms with E-state index in [0.717, 1.165) is 36.0 Å². The standard InChI is InChI=1S/C12H17N/c13-5-4-8-6-9-7-12(8)11-3-1-2-10(9)11/h8-12H,1-4,6-7H2/t8-,9+,10+,11+,12+/m0/s1. The predicted octanol–water partition coefficient (Wildman–Crippen LogP) is 2.97. The van der Waals surface area contributed by atoms with Crippen LogP contribution in [-0.2, 0) is 0 Å². The van der Waals surface area contributed by atoms with Crippen LogP contribution in [0.4, 0.5) is 0 Å². The lowest BCUT2D eigenvalue weighted by Crippen LogP contribution is -2.23. The monoisotopic (exact) mass is 175 g/mol.